The first-order chi connectivity index (χ1) is 8.74. The SMILES string of the molecule is COc1ccc(OC)c(Sc2ncccc2C)c1. The molecule has 4 heteroatoms. The Labute approximate surface area is 111 Å². The van der Waals surface area contributed by atoms with Crippen LogP contribution in [0.25, 0.3) is 0 Å². The van der Waals surface area contributed by atoms with Crippen molar-refractivity contribution in [1.82, 2.24) is 4.98 Å². The summed E-state index contributed by atoms with van der Waals surface area (Å²) >= 11 is 1.58. The van der Waals surface area contributed by atoms with Gasteiger partial charge in [0.2, 0.25) is 0 Å². The summed E-state index contributed by atoms with van der Waals surface area (Å²) in [5, 5.41) is 0.976. The fourth-order valence-electron chi connectivity index (χ4n) is 1.55. The van der Waals surface area contributed by atoms with Crippen molar-refractivity contribution in [2.75, 3.05) is 14.2 Å². The lowest BCUT2D eigenvalue weighted by Gasteiger charge is -2.10. The van der Waals surface area contributed by atoms with E-state index in [1.165, 1.54) is 0 Å². The van der Waals surface area contributed by atoms with Crippen molar-refractivity contribution in [3.8, 4) is 11.5 Å². The second kappa shape index (κ2) is 5.78. The van der Waals surface area contributed by atoms with Gasteiger partial charge in [-0.3, -0.25) is 0 Å². The van der Waals surface area contributed by atoms with Crippen LogP contribution < -0.4 is 9.47 Å². The zero-order valence-corrected chi connectivity index (χ0v) is 11.5. The Kier molecular flexibility index (Phi) is 4.10. The Morgan fingerprint density at radius 2 is 1.94 bits per heavy atom. The van der Waals surface area contributed by atoms with Gasteiger partial charge in [-0.05, 0) is 36.8 Å². The maximum absolute atomic E-state index is 5.35. The van der Waals surface area contributed by atoms with E-state index in [2.05, 4.69) is 4.98 Å². The van der Waals surface area contributed by atoms with Crippen LogP contribution in [0, 0.1) is 6.92 Å². The summed E-state index contributed by atoms with van der Waals surface area (Å²) in [5.74, 6) is 1.64. The largest absolute Gasteiger partial charge is 0.497 e. The van der Waals surface area contributed by atoms with Gasteiger partial charge in [-0.15, -0.1) is 0 Å². The number of benzene rings is 1. The van der Waals surface area contributed by atoms with Crippen molar-refractivity contribution in [3.63, 3.8) is 0 Å². The Bertz CT molecular complexity index is 543. The number of aryl methyl sites for hydroxylation is 1. The molecule has 0 aliphatic rings. The van der Waals surface area contributed by atoms with E-state index in [1.807, 2.05) is 37.3 Å². The molecule has 94 valence electrons. The highest BCUT2D eigenvalue weighted by Gasteiger charge is 2.09. The minimum Gasteiger partial charge on any atom is -0.497 e. The topological polar surface area (TPSA) is 31.4 Å². The summed E-state index contributed by atoms with van der Waals surface area (Å²) in [6.45, 7) is 2.04. The number of nitrogens with zero attached hydrogens (tertiary/aromatic N) is 1. The third kappa shape index (κ3) is 2.76. The average molecular weight is 261 g/mol. The van der Waals surface area contributed by atoms with Crippen molar-refractivity contribution in [3.05, 3.63) is 42.1 Å². The predicted octanol–water partition coefficient (Wildman–Crippen LogP) is 3.56. The number of rotatable bonds is 4. The molecule has 0 radical (unpaired) electrons. The first-order valence-corrected chi connectivity index (χ1v) is 6.37. The highest BCUT2D eigenvalue weighted by molar-refractivity contribution is 7.99. The molecule has 1 aromatic carbocycles. The lowest BCUT2D eigenvalue weighted by molar-refractivity contribution is 0.394. The Balaban J connectivity index is 2.35. The molecule has 0 aliphatic carbocycles. The molecule has 1 heterocycles. The van der Waals surface area contributed by atoms with Gasteiger partial charge in [0.05, 0.1) is 19.1 Å². The van der Waals surface area contributed by atoms with Gasteiger partial charge >= 0.3 is 0 Å². The summed E-state index contributed by atoms with van der Waals surface area (Å²) < 4.78 is 10.6. The van der Waals surface area contributed by atoms with Crippen LogP contribution in [0.2, 0.25) is 0 Å². The molecule has 0 aliphatic heterocycles. The number of hydrogen-bond donors (Lipinski definition) is 0. The third-order valence-corrected chi connectivity index (χ3v) is 3.70. The molecule has 0 saturated heterocycles. The summed E-state index contributed by atoms with van der Waals surface area (Å²) in [7, 11) is 3.32. The van der Waals surface area contributed by atoms with Crippen LogP contribution >= 0.6 is 11.8 Å². The van der Waals surface area contributed by atoms with Gasteiger partial charge in [0, 0.05) is 6.20 Å². The fourth-order valence-corrected chi connectivity index (χ4v) is 2.52. The Morgan fingerprint density at radius 3 is 2.61 bits per heavy atom. The summed E-state index contributed by atoms with van der Waals surface area (Å²) in [5.41, 5.74) is 1.15. The van der Waals surface area contributed by atoms with E-state index in [0.717, 1.165) is 27.0 Å². The minimum absolute atomic E-state index is 0.812. The zero-order chi connectivity index (χ0) is 13.0. The summed E-state index contributed by atoms with van der Waals surface area (Å²) in [4.78, 5) is 5.37. The normalized spacial score (nSPS) is 10.2. The van der Waals surface area contributed by atoms with E-state index >= 15 is 0 Å². The number of hydrogen-bond acceptors (Lipinski definition) is 4. The molecule has 0 N–H and O–H groups in total. The quantitative estimate of drug-likeness (QED) is 0.842. The number of pyridine rings is 1. The van der Waals surface area contributed by atoms with Gasteiger partial charge in [-0.25, -0.2) is 4.98 Å². The number of aromatic nitrogens is 1. The van der Waals surface area contributed by atoms with Crippen molar-refractivity contribution in [1.29, 1.82) is 0 Å². The molecule has 3 nitrogen and oxygen atoms in total. The molecule has 2 aromatic rings. The average Bonchev–Trinajstić information content (AvgIpc) is 2.41. The fraction of sp³-hybridized carbons (Fsp3) is 0.214. The van der Waals surface area contributed by atoms with Crippen molar-refractivity contribution >= 4 is 11.8 Å². The second-order valence-corrected chi connectivity index (χ2v) is 4.77. The summed E-state index contributed by atoms with van der Waals surface area (Å²) in [6.07, 6.45) is 1.79. The molecule has 0 spiro atoms. The third-order valence-electron chi connectivity index (χ3n) is 2.54. The summed E-state index contributed by atoms with van der Waals surface area (Å²) in [6, 6.07) is 9.72. The van der Waals surface area contributed by atoms with Gasteiger partial charge in [0.25, 0.3) is 0 Å². The van der Waals surface area contributed by atoms with Gasteiger partial charge < -0.3 is 9.47 Å². The van der Waals surface area contributed by atoms with E-state index in [-0.39, 0.29) is 0 Å². The molecule has 0 amide bonds. The van der Waals surface area contributed by atoms with E-state index in [0.29, 0.717) is 0 Å². The van der Waals surface area contributed by atoms with Crippen molar-refractivity contribution in [2.24, 2.45) is 0 Å². The number of methoxy groups -OCH3 is 2. The molecule has 0 bridgehead atoms. The van der Waals surface area contributed by atoms with Crippen LogP contribution in [-0.2, 0) is 0 Å². The molecule has 0 atom stereocenters. The Morgan fingerprint density at radius 1 is 1.11 bits per heavy atom. The molecule has 1 aromatic heterocycles. The van der Waals surface area contributed by atoms with Crippen LogP contribution in [-0.4, -0.2) is 19.2 Å². The van der Waals surface area contributed by atoms with Gasteiger partial charge in [-0.1, -0.05) is 17.8 Å². The first-order valence-electron chi connectivity index (χ1n) is 5.56. The van der Waals surface area contributed by atoms with Crippen molar-refractivity contribution < 1.29 is 9.47 Å². The standard InChI is InChI=1S/C14H15NO2S/c1-10-5-4-8-15-14(10)18-13-9-11(16-2)6-7-12(13)17-3/h4-9H,1-3H3. The molecule has 18 heavy (non-hydrogen) atoms. The maximum Gasteiger partial charge on any atom is 0.133 e. The van der Waals surface area contributed by atoms with Gasteiger partial charge in [0.15, 0.2) is 0 Å². The molecular formula is C14H15NO2S. The highest BCUT2D eigenvalue weighted by atomic mass is 32.2. The van der Waals surface area contributed by atoms with Gasteiger partial charge in [-0.2, -0.15) is 0 Å². The number of ether oxygens (including phenoxy) is 2. The van der Waals surface area contributed by atoms with Gasteiger partial charge in [0.1, 0.15) is 16.5 Å². The van der Waals surface area contributed by atoms with Crippen LogP contribution in [0.4, 0.5) is 0 Å². The van der Waals surface area contributed by atoms with Crippen LogP contribution in [0.5, 0.6) is 11.5 Å². The molecule has 0 fully saturated rings. The van der Waals surface area contributed by atoms with Crippen LogP contribution in [0.15, 0.2) is 46.5 Å². The van der Waals surface area contributed by atoms with Crippen LogP contribution in [0.1, 0.15) is 5.56 Å². The zero-order valence-electron chi connectivity index (χ0n) is 10.6. The second-order valence-electron chi connectivity index (χ2n) is 3.74. The Hall–Kier alpha value is -1.68. The lowest BCUT2D eigenvalue weighted by atomic mass is 10.3. The first kappa shape index (κ1) is 12.8. The monoisotopic (exact) mass is 261 g/mol. The van der Waals surface area contributed by atoms with E-state index < -0.39 is 0 Å². The van der Waals surface area contributed by atoms with Crippen LogP contribution in [0.3, 0.4) is 0 Å². The minimum atomic E-state index is 0.812. The predicted molar refractivity (Wildman–Crippen MR) is 72.6 cm³/mol. The molecule has 2 rings (SSSR count). The lowest BCUT2D eigenvalue weighted by Crippen LogP contribution is -1.90. The maximum atomic E-state index is 5.35. The molecule has 0 unspecified atom stereocenters. The van der Waals surface area contributed by atoms with Crippen molar-refractivity contribution in [2.45, 2.75) is 16.8 Å². The highest BCUT2D eigenvalue weighted by Crippen LogP contribution is 2.37. The molecule has 0 saturated carbocycles. The van der Waals surface area contributed by atoms with E-state index in [4.69, 9.17) is 9.47 Å². The van der Waals surface area contributed by atoms with E-state index in [1.54, 1.807) is 32.2 Å². The van der Waals surface area contributed by atoms with E-state index in [9.17, 15) is 0 Å². The molecular weight excluding hydrogens is 246 g/mol. The smallest absolute Gasteiger partial charge is 0.133 e.